The van der Waals surface area contributed by atoms with E-state index in [2.05, 4.69) is 0 Å². The molecule has 0 heterocycles. The number of phenols is 1. The summed E-state index contributed by atoms with van der Waals surface area (Å²) in [5.74, 6) is -0.0239. The molecule has 0 fully saturated rings. The van der Waals surface area contributed by atoms with Gasteiger partial charge in [-0.3, -0.25) is 4.72 Å². The van der Waals surface area contributed by atoms with Crippen LogP contribution in [0.1, 0.15) is 0 Å². The van der Waals surface area contributed by atoms with Gasteiger partial charge in [0, 0.05) is 0 Å². The molecule has 15 heavy (non-hydrogen) atoms. The van der Waals surface area contributed by atoms with E-state index < -0.39 is 16.3 Å². The van der Waals surface area contributed by atoms with E-state index in [-0.39, 0.29) is 11.4 Å². The Morgan fingerprint density at radius 1 is 1.20 bits per heavy atom. The third-order valence-electron chi connectivity index (χ3n) is 1.34. The van der Waals surface area contributed by atoms with Gasteiger partial charge in [0.25, 0.3) is 0 Å². The van der Waals surface area contributed by atoms with Gasteiger partial charge in [-0.2, -0.15) is 8.42 Å². The van der Waals surface area contributed by atoms with E-state index >= 15 is 0 Å². The molecule has 7 nitrogen and oxygen atoms in total. The zero-order valence-electron chi connectivity index (χ0n) is 7.34. The monoisotopic (exact) mass is 232 g/mol. The van der Waals surface area contributed by atoms with Crippen LogP contribution in [0.2, 0.25) is 0 Å². The number of amides is 1. The number of nitrogens with one attached hydrogen (secondary N) is 2. The van der Waals surface area contributed by atoms with E-state index in [0.29, 0.717) is 0 Å². The summed E-state index contributed by atoms with van der Waals surface area (Å²) < 4.78 is 25.3. The number of hydrogen-bond donors (Lipinski definition) is 4. The van der Waals surface area contributed by atoms with E-state index in [0.717, 1.165) is 0 Å². The molecule has 1 aromatic rings. The largest absolute Gasteiger partial charge is 0.508 e. The Morgan fingerprint density at radius 3 is 2.20 bits per heavy atom. The van der Waals surface area contributed by atoms with E-state index in [1.165, 1.54) is 29.0 Å². The highest BCUT2D eigenvalue weighted by Gasteiger charge is 2.12. The predicted molar refractivity (Wildman–Crippen MR) is 51.8 cm³/mol. The molecule has 1 amide bonds. The molecule has 4 N–H and O–H groups in total. The molecule has 1 rings (SSSR count). The maximum absolute atomic E-state index is 11.0. The summed E-state index contributed by atoms with van der Waals surface area (Å²) in [6.07, 6.45) is -1.68. The van der Waals surface area contributed by atoms with E-state index in [1.54, 1.807) is 0 Å². The zero-order chi connectivity index (χ0) is 11.5. The van der Waals surface area contributed by atoms with Crippen LogP contribution in [0, 0.1) is 0 Å². The number of anilines is 1. The molecule has 0 aliphatic carbocycles. The standard InChI is InChI=1S/C7H8N2O5S/c10-6-3-1-5(2-4-6)8-15(13,14)9-7(11)12/h1-4,8-10H,(H,11,12). The molecular formula is C7H8N2O5S. The summed E-state index contributed by atoms with van der Waals surface area (Å²) in [6, 6.07) is 5.10. The number of carboxylic acid groups (broad SMARTS) is 1. The molecule has 0 saturated heterocycles. The first-order chi connectivity index (χ1) is 6.89. The Hall–Kier alpha value is -1.96. The summed E-state index contributed by atoms with van der Waals surface area (Å²) in [5, 5.41) is 17.1. The first-order valence-corrected chi connectivity index (χ1v) is 5.20. The van der Waals surface area contributed by atoms with Crippen LogP contribution in [0.15, 0.2) is 24.3 Å². The quantitative estimate of drug-likeness (QED) is 0.560. The van der Waals surface area contributed by atoms with E-state index in [1.807, 2.05) is 4.72 Å². The number of hydrogen-bond acceptors (Lipinski definition) is 4. The third-order valence-corrected chi connectivity index (χ3v) is 2.29. The second-order valence-corrected chi connectivity index (χ2v) is 3.97. The van der Waals surface area contributed by atoms with E-state index in [4.69, 9.17) is 10.2 Å². The van der Waals surface area contributed by atoms with Crippen molar-refractivity contribution < 1.29 is 23.4 Å². The van der Waals surface area contributed by atoms with E-state index in [9.17, 15) is 13.2 Å². The molecular weight excluding hydrogens is 224 g/mol. The number of rotatable bonds is 3. The van der Waals surface area contributed by atoms with Gasteiger partial charge in [0.15, 0.2) is 0 Å². The fourth-order valence-electron chi connectivity index (χ4n) is 0.825. The van der Waals surface area contributed by atoms with Crippen LogP contribution >= 0.6 is 0 Å². The van der Waals surface area contributed by atoms with Crippen molar-refractivity contribution in [2.24, 2.45) is 0 Å². The minimum atomic E-state index is -4.13. The van der Waals surface area contributed by atoms with Gasteiger partial charge in [0.1, 0.15) is 5.75 Å². The predicted octanol–water partition coefficient (Wildman–Crippen LogP) is 0.316. The van der Waals surface area contributed by atoms with Crippen molar-refractivity contribution in [2.45, 2.75) is 0 Å². The Bertz CT molecular complexity index is 453. The van der Waals surface area contributed by atoms with Crippen LogP contribution in [0.4, 0.5) is 10.5 Å². The lowest BCUT2D eigenvalue weighted by Gasteiger charge is -2.06. The zero-order valence-corrected chi connectivity index (χ0v) is 8.15. The summed E-state index contributed by atoms with van der Waals surface area (Å²) in [7, 11) is -4.13. The normalized spacial score (nSPS) is 10.7. The molecule has 0 spiro atoms. The fraction of sp³-hybridized carbons (Fsp3) is 0. The Morgan fingerprint density at radius 2 is 1.73 bits per heavy atom. The lowest BCUT2D eigenvalue weighted by Crippen LogP contribution is -2.34. The molecule has 0 unspecified atom stereocenters. The second kappa shape index (κ2) is 4.05. The van der Waals surface area contributed by atoms with Gasteiger partial charge in [0.2, 0.25) is 0 Å². The first kappa shape index (κ1) is 11.1. The summed E-state index contributed by atoms with van der Waals surface area (Å²) in [6.45, 7) is 0. The topological polar surface area (TPSA) is 116 Å². The van der Waals surface area contributed by atoms with Gasteiger partial charge in [-0.25, -0.2) is 9.52 Å². The van der Waals surface area contributed by atoms with Gasteiger partial charge >= 0.3 is 16.3 Å². The Kier molecular flexibility index (Phi) is 3.00. The van der Waals surface area contributed by atoms with Crippen molar-refractivity contribution in [3.05, 3.63) is 24.3 Å². The van der Waals surface area contributed by atoms with Crippen molar-refractivity contribution in [2.75, 3.05) is 4.72 Å². The molecule has 8 heteroatoms. The second-order valence-electron chi connectivity index (χ2n) is 2.56. The molecule has 0 bridgehead atoms. The highest BCUT2D eigenvalue weighted by Crippen LogP contribution is 2.14. The highest BCUT2D eigenvalue weighted by molar-refractivity contribution is 7.91. The smallest absolute Gasteiger partial charge is 0.419 e. The molecule has 0 radical (unpaired) electrons. The number of aromatic hydroxyl groups is 1. The van der Waals surface area contributed by atoms with Gasteiger partial charge in [-0.15, -0.1) is 0 Å². The van der Waals surface area contributed by atoms with Gasteiger partial charge in [-0.05, 0) is 24.3 Å². The van der Waals surface area contributed by atoms with Crippen LogP contribution in [0.5, 0.6) is 5.75 Å². The Balaban J connectivity index is 2.78. The molecule has 0 saturated carbocycles. The van der Waals surface area contributed by atoms with Gasteiger partial charge < -0.3 is 10.2 Å². The van der Waals surface area contributed by atoms with Crippen LogP contribution in [0.25, 0.3) is 0 Å². The first-order valence-electron chi connectivity index (χ1n) is 3.71. The van der Waals surface area contributed by atoms with Gasteiger partial charge in [0.05, 0.1) is 5.69 Å². The number of phenolic OH excluding ortho intramolecular Hbond substituents is 1. The van der Waals surface area contributed by atoms with Crippen LogP contribution in [0.3, 0.4) is 0 Å². The molecule has 0 aliphatic heterocycles. The van der Waals surface area contributed by atoms with Gasteiger partial charge in [-0.1, -0.05) is 0 Å². The average Bonchev–Trinajstić information content (AvgIpc) is 2.06. The lowest BCUT2D eigenvalue weighted by molar-refractivity contribution is 0.201. The van der Waals surface area contributed by atoms with Crippen LogP contribution in [-0.2, 0) is 10.2 Å². The maximum atomic E-state index is 11.0. The fourth-order valence-corrected chi connectivity index (χ4v) is 1.55. The molecule has 0 atom stereocenters. The third kappa shape index (κ3) is 3.73. The number of carbonyl (C=O) groups is 1. The lowest BCUT2D eigenvalue weighted by atomic mass is 10.3. The van der Waals surface area contributed by atoms with Crippen molar-refractivity contribution in [3.63, 3.8) is 0 Å². The molecule has 1 aromatic carbocycles. The minimum Gasteiger partial charge on any atom is -0.508 e. The summed E-state index contributed by atoms with van der Waals surface area (Å²) in [4.78, 5) is 10.1. The molecule has 0 aliphatic rings. The minimum absolute atomic E-state index is 0.0239. The van der Waals surface area contributed by atoms with Crippen molar-refractivity contribution in [3.8, 4) is 5.75 Å². The van der Waals surface area contributed by atoms with Crippen molar-refractivity contribution in [1.82, 2.24) is 4.72 Å². The summed E-state index contributed by atoms with van der Waals surface area (Å²) >= 11 is 0. The molecule has 0 aromatic heterocycles. The van der Waals surface area contributed by atoms with Crippen LogP contribution in [-0.4, -0.2) is 24.7 Å². The van der Waals surface area contributed by atoms with Crippen LogP contribution < -0.4 is 9.44 Å². The Labute approximate surface area is 85.5 Å². The number of benzene rings is 1. The molecule has 82 valence electrons. The summed E-state index contributed by atoms with van der Waals surface area (Å²) in [5.41, 5.74) is 0.140. The van der Waals surface area contributed by atoms with Crippen molar-refractivity contribution in [1.29, 1.82) is 0 Å². The maximum Gasteiger partial charge on any atom is 0.419 e. The average molecular weight is 232 g/mol. The van der Waals surface area contributed by atoms with Crippen molar-refractivity contribution >= 4 is 22.0 Å². The SMILES string of the molecule is O=C(O)NS(=O)(=O)Nc1ccc(O)cc1. The highest BCUT2D eigenvalue weighted by atomic mass is 32.2.